The maximum Gasteiger partial charge on any atom is 0.0610 e. The minimum absolute atomic E-state index is 0.101. The van der Waals surface area contributed by atoms with Gasteiger partial charge in [0.15, 0.2) is 0 Å². The molecule has 0 radical (unpaired) electrons. The van der Waals surface area contributed by atoms with E-state index in [2.05, 4.69) is 41.4 Å². The minimum atomic E-state index is -0.101. The molecule has 0 spiro atoms. The first-order valence-electron chi connectivity index (χ1n) is 8.42. The number of nitrogens with zero attached hydrogens (tertiary/aromatic N) is 1. The van der Waals surface area contributed by atoms with Crippen molar-refractivity contribution in [1.82, 2.24) is 5.32 Å². The second-order valence-corrected chi connectivity index (χ2v) is 6.96. The topological polar surface area (TPSA) is 35.5 Å². The van der Waals surface area contributed by atoms with Crippen LogP contribution in [0.5, 0.6) is 0 Å². The SMILES string of the molecule is CC(CO)(CCCN1CCCc2ccccc21)NC1CC1. The van der Waals surface area contributed by atoms with Crippen molar-refractivity contribution in [2.45, 2.75) is 57.0 Å². The maximum absolute atomic E-state index is 9.68. The van der Waals surface area contributed by atoms with Crippen molar-refractivity contribution in [2.75, 3.05) is 24.6 Å². The lowest BCUT2D eigenvalue weighted by Crippen LogP contribution is -2.47. The van der Waals surface area contributed by atoms with E-state index in [1.165, 1.54) is 43.5 Å². The summed E-state index contributed by atoms with van der Waals surface area (Å²) in [7, 11) is 0. The number of aliphatic hydroxyl groups excluding tert-OH is 1. The Hall–Kier alpha value is -1.06. The van der Waals surface area contributed by atoms with E-state index < -0.39 is 0 Å². The second-order valence-electron chi connectivity index (χ2n) is 6.96. The van der Waals surface area contributed by atoms with Gasteiger partial charge in [-0.3, -0.25) is 0 Å². The average molecular weight is 288 g/mol. The predicted octanol–water partition coefficient (Wildman–Crippen LogP) is 2.72. The summed E-state index contributed by atoms with van der Waals surface area (Å²) in [5.41, 5.74) is 2.81. The van der Waals surface area contributed by atoms with Gasteiger partial charge in [0.1, 0.15) is 0 Å². The van der Waals surface area contributed by atoms with E-state index in [0.717, 1.165) is 19.4 Å². The van der Waals surface area contributed by atoms with E-state index in [1.807, 2.05) is 0 Å². The van der Waals surface area contributed by atoms with Crippen LogP contribution in [0.25, 0.3) is 0 Å². The van der Waals surface area contributed by atoms with Crippen molar-refractivity contribution in [1.29, 1.82) is 0 Å². The summed E-state index contributed by atoms with van der Waals surface area (Å²) in [5, 5.41) is 13.3. The average Bonchev–Trinajstić information content (AvgIpc) is 3.31. The third-order valence-electron chi connectivity index (χ3n) is 4.84. The molecule has 21 heavy (non-hydrogen) atoms. The smallest absolute Gasteiger partial charge is 0.0610 e. The van der Waals surface area contributed by atoms with Crippen LogP contribution in [0.1, 0.15) is 44.6 Å². The molecule has 1 fully saturated rings. The normalized spacial score (nSPS) is 21.0. The summed E-state index contributed by atoms with van der Waals surface area (Å²) in [6.07, 6.45) is 7.19. The molecule has 2 N–H and O–H groups in total. The molecule has 116 valence electrons. The second kappa shape index (κ2) is 6.37. The van der Waals surface area contributed by atoms with Gasteiger partial charge >= 0.3 is 0 Å². The Kier molecular flexibility index (Phi) is 4.51. The summed E-state index contributed by atoms with van der Waals surface area (Å²) in [6.45, 7) is 4.66. The Morgan fingerprint density at radius 2 is 2.14 bits per heavy atom. The summed E-state index contributed by atoms with van der Waals surface area (Å²) >= 11 is 0. The highest BCUT2D eigenvalue weighted by atomic mass is 16.3. The Balaban J connectivity index is 1.53. The zero-order valence-corrected chi connectivity index (χ0v) is 13.1. The van der Waals surface area contributed by atoms with Gasteiger partial charge in [-0.25, -0.2) is 0 Å². The molecule has 1 aromatic rings. The highest BCUT2D eigenvalue weighted by Gasteiger charge is 2.31. The molecule has 1 aromatic carbocycles. The third-order valence-corrected chi connectivity index (χ3v) is 4.84. The molecule has 1 aliphatic carbocycles. The molecular weight excluding hydrogens is 260 g/mol. The molecule has 0 bridgehead atoms. The Morgan fingerprint density at radius 1 is 1.33 bits per heavy atom. The first-order chi connectivity index (χ1) is 10.2. The summed E-state index contributed by atoms with van der Waals surface area (Å²) in [5.74, 6) is 0. The predicted molar refractivity (Wildman–Crippen MR) is 87.9 cm³/mol. The number of hydrogen-bond acceptors (Lipinski definition) is 3. The molecule has 1 saturated carbocycles. The van der Waals surface area contributed by atoms with Crippen molar-refractivity contribution in [3.63, 3.8) is 0 Å². The van der Waals surface area contributed by atoms with Crippen LogP contribution >= 0.6 is 0 Å². The number of anilines is 1. The summed E-state index contributed by atoms with van der Waals surface area (Å²) < 4.78 is 0. The first kappa shape index (κ1) is 14.9. The third kappa shape index (κ3) is 3.78. The monoisotopic (exact) mass is 288 g/mol. The van der Waals surface area contributed by atoms with E-state index in [0.29, 0.717) is 6.04 Å². The number of benzene rings is 1. The molecule has 3 rings (SSSR count). The van der Waals surface area contributed by atoms with Gasteiger partial charge in [-0.1, -0.05) is 18.2 Å². The van der Waals surface area contributed by atoms with E-state index in [9.17, 15) is 5.11 Å². The van der Waals surface area contributed by atoms with E-state index in [4.69, 9.17) is 0 Å². The fourth-order valence-corrected chi connectivity index (χ4v) is 3.42. The number of rotatable bonds is 7. The van der Waals surface area contributed by atoms with Gasteiger partial charge in [-0.2, -0.15) is 0 Å². The van der Waals surface area contributed by atoms with Gasteiger partial charge in [-0.05, 0) is 57.1 Å². The van der Waals surface area contributed by atoms with Crippen LogP contribution in [0.2, 0.25) is 0 Å². The van der Waals surface area contributed by atoms with Gasteiger partial charge < -0.3 is 15.3 Å². The number of fused-ring (bicyclic) bond motifs is 1. The molecule has 1 unspecified atom stereocenters. The Labute approximate surface area is 128 Å². The van der Waals surface area contributed by atoms with Crippen LogP contribution < -0.4 is 10.2 Å². The molecular formula is C18H28N2O. The van der Waals surface area contributed by atoms with Crippen LogP contribution in [0.4, 0.5) is 5.69 Å². The number of aryl methyl sites for hydroxylation is 1. The Bertz CT molecular complexity index is 472. The number of hydrogen-bond donors (Lipinski definition) is 2. The van der Waals surface area contributed by atoms with Crippen LogP contribution in [-0.2, 0) is 6.42 Å². The van der Waals surface area contributed by atoms with Crippen LogP contribution in [0, 0.1) is 0 Å². The quantitative estimate of drug-likeness (QED) is 0.810. The number of nitrogens with one attached hydrogen (secondary N) is 1. The fraction of sp³-hybridized carbons (Fsp3) is 0.667. The molecule has 3 heteroatoms. The highest BCUT2D eigenvalue weighted by Crippen LogP contribution is 2.28. The lowest BCUT2D eigenvalue weighted by atomic mass is 9.95. The minimum Gasteiger partial charge on any atom is -0.394 e. The van der Waals surface area contributed by atoms with Crippen LogP contribution in [-0.4, -0.2) is 36.4 Å². The Morgan fingerprint density at radius 3 is 2.90 bits per heavy atom. The highest BCUT2D eigenvalue weighted by molar-refractivity contribution is 5.55. The fourth-order valence-electron chi connectivity index (χ4n) is 3.42. The molecule has 1 atom stereocenters. The lowest BCUT2D eigenvalue weighted by Gasteiger charge is -2.34. The van der Waals surface area contributed by atoms with Gasteiger partial charge in [0.05, 0.1) is 6.61 Å². The van der Waals surface area contributed by atoms with Crippen molar-refractivity contribution < 1.29 is 5.11 Å². The van der Waals surface area contributed by atoms with Crippen molar-refractivity contribution in [3.05, 3.63) is 29.8 Å². The van der Waals surface area contributed by atoms with E-state index in [1.54, 1.807) is 0 Å². The number of aliphatic hydroxyl groups is 1. The molecule has 1 heterocycles. The maximum atomic E-state index is 9.68. The van der Waals surface area contributed by atoms with E-state index >= 15 is 0 Å². The van der Waals surface area contributed by atoms with Crippen molar-refractivity contribution in [2.24, 2.45) is 0 Å². The van der Waals surface area contributed by atoms with E-state index in [-0.39, 0.29) is 12.1 Å². The molecule has 1 aliphatic heterocycles. The molecule has 0 saturated heterocycles. The zero-order chi connectivity index (χ0) is 14.7. The molecule has 0 amide bonds. The van der Waals surface area contributed by atoms with Gasteiger partial charge in [0.25, 0.3) is 0 Å². The van der Waals surface area contributed by atoms with Crippen molar-refractivity contribution >= 4 is 5.69 Å². The van der Waals surface area contributed by atoms with Gasteiger partial charge in [0, 0.05) is 30.4 Å². The largest absolute Gasteiger partial charge is 0.394 e. The number of para-hydroxylation sites is 1. The molecule has 0 aromatic heterocycles. The summed E-state index contributed by atoms with van der Waals surface area (Å²) in [6, 6.07) is 9.45. The van der Waals surface area contributed by atoms with Crippen LogP contribution in [0.15, 0.2) is 24.3 Å². The van der Waals surface area contributed by atoms with Gasteiger partial charge in [-0.15, -0.1) is 0 Å². The zero-order valence-electron chi connectivity index (χ0n) is 13.1. The van der Waals surface area contributed by atoms with Gasteiger partial charge in [0.2, 0.25) is 0 Å². The van der Waals surface area contributed by atoms with Crippen LogP contribution in [0.3, 0.4) is 0 Å². The lowest BCUT2D eigenvalue weighted by molar-refractivity contribution is 0.162. The molecule has 3 nitrogen and oxygen atoms in total. The summed E-state index contributed by atoms with van der Waals surface area (Å²) in [4.78, 5) is 2.52. The standard InChI is InChI=1S/C18H28N2O/c1-18(14-21,19-16-9-10-16)11-5-13-20-12-4-7-15-6-2-3-8-17(15)20/h2-3,6,8,16,19,21H,4-5,7,9-14H2,1H3. The first-order valence-corrected chi connectivity index (χ1v) is 8.42. The van der Waals surface area contributed by atoms with Crippen molar-refractivity contribution in [3.8, 4) is 0 Å². The molecule has 2 aliphatic rings.